The predicted molar refractivity (Wildman–Crippen MR) is 56.4 cm³/mol. The highest BCUT2D eigenvalue weighted by molar-refractivity contribution is 5.73. The maximum Gasteiger partial charge on any atom is 0.320 e. The van der Waals surface area contributed by atoms with Crippen LogP contribution >= 0.6 is 0 Å². The van der Waals surface area contributed by atoms with Gasteiger partial charge in [-0.05, 0) is 29.7 Å². The van der Waals surface area contributed by atoms with E-state index in [0.29, 0.717) is 11.1 Å². The first kappa shape index (κ1) is 12.6. The number of halogens is 1. The van der Waals surface area contributed by atoms with E-state index in [2.05, 4.69) is 0 Å². The number of methoxy groups -OCH3 is 1. The minimum Gasteiger partial charge on any atom is -0.480 e. The summed E-state index contributed by atoms with van der Waals surface area (Å²) in [6, 6.07) is 3.16. The molecule has 0 saturated heterocycles. The number of nitrogens with two attached hydrogens (primary N) is 1. The number of carboxylic acids is 1. The van der Waals surface area contributed by atoms with Gasteiger partial charge in [-0.15, -0.1) is 0 Å². The van der Waals surface area contributed by atoms with E-state index in [4.69, 9.17) is 15.6 Å². The number of carbonyl (C=O) groups is 1. The Balaban J connectivity index is 2.89. The number of rotatable bonds is 5. The van der Waals surface area contributed by atoms with Gasteiger partial charge in [0, 0.05) is 7.11 Å². The molecular formula is C11H14FNO3. The molecule has 0 aliphatic rings. The van der Waals surface area contributed by atoms with Gasteiger partial charge in [0.25, 0.3) is 0 Å². The molecule has 3 N–H and O–H groups in total. The van der Waals surface area contributed by atoms with Crippen molar-refractivity contribution in [1.29, 1.82) is 0 Å². The van der Waals surface area contributed by atoms with Crippen LogP contribution in [0, 0.1) is 5.82 Å². The van der Waals surface area contributed by atoms with Crippen LogP contribution in [0.15, 0.2) is 18.2 Å². The first-order valence-electron chi connectivity index (χ1n) is 4.79. The van der Waals surface area contributed by atoms with Crippen molar-refractivity contribution in [2.45, 2.75) is 19.1 Å². The molecule has 5 heteroatoms. The molecule has 1 rings (SSSR count). The fraction of sp³-hybridized carbons (Fsp3) is 0.364. The molecule has 1 atom stereocenters. The van der Waals surface area contributed by atoms with E-state index >= 15 is 0 Å². The van der Waals surface area contributed by atoms with E-state index in [1.165, 1.54) is 25.3 Å². The molecule has 88 valence electrons. The number of benzene rings is 1. The Labute approximate surface area is 92.8 Å². The molecule has 1 aromatic rings. The van der Waals surface area contributed by atoms with Gasteiger partial charge in [0.15, 0.2) is 0 Å². The maximum absolute atomic E-state index is 13.0. The summed E-state index contributed by atoms with van der Waals surface area (Å²) >= 11 is 0. The van der Waals surface area contributed by atoms with Gasteiger partial charge in [-0.25, -0.2) is 4.39 Å². The Morgan fingerprint density at radius 2 is 2.25 bits per heavy atom. The Morgan fingerprint density at radius 3 is 2.81 bits per heavy atom. The summed E-state index contributed by atoms with van der Waals surface area (Å²) in [6.45, 7) is 0.236. The quantitative estimate of drug-likeness (QED) is 0.784. The monoisotopic (exact) mass is 227 g/mol. The predicted octanol–water partition coefficient (Wildman–Crippen LogP) is 0.927. The third kappa shape index (κ3) is 3.29. The van der Waals surface area contributed by atoms with Crippen LogP contribution < -0.4 is 5.73 Å². The van der Waals surface area contributed by atoms with E-state index in [9.17, 15) is 9.18 Å². The molecule has 0 aliphatic carbocycles. The molecule has 0 heterocycles. The van der Waals surface area contributed by atoms with Gasteiger partial charge in [-0.1, -0.05) is 6.07 Å². The second-order valence-electron chi connectivity index (χ2n) is 3.49. The van der Waals surface area contributed by atoms with Crippen molar-refractivity contribution < 1.29 is 19.0 Å². The Kier molecular flexibility index (Phi) is 4.39. The minimum atomic E-state index is -1.08. The van der Waals surface area contributed by atoms with E-state index in [-0.39, 0.29) is 18.8 Å². The van der Waals surface area contributed by atoms with Crippen molar-refractivity contribution in [2.75, 3.05) is 7.11 Å². The third-order valence-corrected chi connectivity index (χ3v) is 2.23. The van der Waals surface area contributed by atoms with Gasteiger partial charge in [-0.2, -0.15) is 0 Å². The molecule has 1 aromatic carbocycles. The number of carboxylic acid groups (broad SMARTS) is 1. The van der Waals surface area contributed by atoms with E-state index in [1.54, 1.807) is 0 Å². The van der Waals surface area contributed by atoms with Crippen LogP contribution in [0.2, 0.25) is 0 Å². The van der Waals surface area contributed by atoms with E-state index < -0.39 is 12.0 Å². The molecule has 0 bridgehead atoms. The van der Waals surface area contributed by atoms with Crippen molar-refractivity contribution in [1.82, 2.24) is 0 Å². The lowest BCUT2D eigenvalue weighted by Gasteiger charge is -2.11. The average molecular weight is 227 g/mol. The average Bonchev–Trinajstić information content (AvgIpc) is 2.22. The molecule has 0 fully saturated rings. The number of hydrogen-bond acceptors (Lipinski definition) is 3. The summed E-state index contributed by atoms with van der Waals surface area (Å²) in [7, 11) is 1.49. The summed E-state index contributed by atoms with van der Waals surface area (Å²) in [4.78, 5) is 10.6. The highest BCUT2D eigenvalue weighted by atomic mass is 19.1. The first-order chi connectivity index (χ1) is 7.54. The van der Waals surface area contributed by atoms with Crippen molar-refractivity contribution >= 4 is 5.97 Å². The molecule has 0 amide bonds. The largest absolute Gasteiger partial charge is 0.480 e. The zero-order chi connectivity index (χ0) is 12.1. The summed E-state index contributed by atoms with van der Waals surface area (Å²) in [5.41, 5.74) is 6.73. The summed E-state index contributed by atoms with van der Waals surface area (Å²) < 4.78 is 17.9. The standard InChI is InChI=1S/C11H14FNO3/c1-16-6-8-4-9(12)3-2-7(8)5-10(13)11(14)15/h2-4,10H,5-6,13H2,1H3,(H,14,15). The van der Waals surface area contributed by atoms with Gasteiger partial charge in [0.05, 0.1) is 6.61 Å². The Bertz CT molecular complexity index is 381. The molecule has 0 aliphatic heterocycles. The normalized spacial score (nSPS) is 12.4. The molecule has 0 saturated carbocycles. The van der Waals surface area contributed by atoms with Gasteiger partial charge in [0.2, 0.25) is 0 Å². The topological polar surface area (TPSA) is 72.5 Å². The Morgan fingerprint density at radius 1 is 1.56 bits per heavy atom. The fourth-order valence-electron chi connectivity index (χ4n) is 1.41. The first-order valence-corrected chi connectivity index (χ1v) is 4.79. The number of aliphatic carboxylic acids is 1. The maximum atomic E-state index is 13.0. The summed E-state index contributed by atoms with van der Waals surface area (Å²) in [5.74, 6) is -1.45. The van der Waals surface area contributed by atoms with Crippen molar-refractivity contribution in [3.05, 3.63) is 35.1 Å². The molecule has 0 spiro atoms. The summed E-state index contributed by atoms with van der Waals surface area (Å²) in [6.07, 6.45) is 0.161. The van der Waals surface area contributed by atoms with Crippen LogP contribution in [0.1, 0.15) is 11.1 Å². The van der Waals surface area contributed by atoms with Crippen molar-refractivity contribution in [3.63, 3.8) is 0 Å². The third-order valence-electron chi connectivity index (χ3n) is 2.23. The smallest absolute Gasteiger partial charge is 0.320 e. The second kappa shape index (κ2) is 5.58. The number of hydrogen-bond donors (Lipinski definition) is 2. The molecule has 1 unspecified atom stereocenters. The lowest BCUT2D eigenvalue weighted by atomic mass is 10.0. The van der Waals surface area contributed by atoms with Crippen molar-refractivity contribution in [2.24, 2.45) is 5.73 Å². The second-order valence-corrected chi connectivity index (χ2v) is 3.49. The SMILES string of the molecule is COCc1cc(F)ccc1CC(N)C(=O)O. The zero-order valence-electron chi connectivity index (χ0n) is 8.94. The number of ether oxygens (including phenoxy) is 1. The molecule has 0 aromatic heterocycles. The molecule has 16 heavy (non-hydrogen) atoms. The van der Waals surface area contributed by atoms with Crippen LogP contribution in [0.25, 0.3) is 0 Å². The fourth-order valence-corrected chi connectivity index (χ4v) is 1.41. The van der Waals surface area contributed by atoms with Gasteiger partial charge in [-0.3, -0.25) is 4.79 Å². The van der Waals surface area contributed by atoms with Crippen molar-refractivity contribution in [3.8, 4) is 0 Å². The molecule has 0 radical (unpaired) electrons. The van der Waals surface area contributed by atoms with E-state index in [1.807, 2.05) is 0 Å². The summed E-state index contributed by atoms with van der Waals surface area (Å²) in [5, 5.41) is 8.69. The Hall–Kier alpha value is -1.46. The van der Waals surface area contributed by atoms with Gasteiger partial charge in [0.1, 0.15) is 11.9 Å². The lowest BCUT2D eigenvalue weighted by molar-refractivity contribution is -0.138. The van der Waals surface area contributed by atoms with Gasteiger partial charge >= 0.3 is 5.97 Å². The highest BCUT2D eigenvalue weighted by Gasteiger charge is 2.14. The van der Waals surface area contributed by atoms with E-state index in [0.717, 1.165) is 0 Å². The zero-order valence-corrected chi connectivity index (χ0v) is 8.94. The van der Waals surface area contributed by atoms with Crippen LogP contribution in [-0.4, -0.2) is 24.2 Å². The molecular weight excluding hydrogens is 213 g/mol. The van der Waals surface area contributed by atoms with Gasteiger partial charge < -0.3 is 15.6 Å². The van der Waals surface area contributed by atoms with Crippen LogP contribution in [0.5, 0.6) is 0 Å². The lowest BCUT2D eigenvalue weighted by Crippen LogP contribution is -2.32. The minimum absolute atomic E-state index is 0.161. The molecule has 4 nitrogen and oxygen atoms in total. The van der Waals surface area contributed by atoms with Crippen LogP contribution in [0.3, 0.4) is 0 Å². The highest BCUT2D eigenvalue weighted by Crippen LogP contribution is 2.14. The van der Waals surface area contributed by atoms with Crippen LogP contribution in [0.4, 0.5) is 4.39 Å². The van der Waals surface area contributed by atoms with Crippen LogP contribution in [-0.2, 0) is 22.6 Å².